The van der Waals surface area contributed by atoms with Gasteiger partial charge < -0.3 is 19.4 Å². The first-order valence-corrected chi connectivity index (χ1v) is 15.7. The molecule has 0 radical (unpaired) electrons. The third kappa shape index (κ3) is 5.57. The van der Waals surface area contributed by atoms with E-state index in [0.29, 0.717) is 43.1 Å². The molecular weight excluding hydrogens is 555 g/mol. The quantitative estimate of drug-likeness (QED) is 0.443. The molecule has 5 aliphatic rings. The van der Waals surface area contributed by atoms with Crippen molar-refractivity contribution in [3.63, 3.8) is 0 Å². The maximum atomic E-state index is 16.2. The van der Waals surface area contributed by atoms with E-state index in [1.54, 1.807) is 11.0 Å². The molecule has 0 saturated carbocycles. The predicted molar refractivity (Wildman–Crippen MR) is 167 cm³/mol. The summed E-state index contributed by atoms with van der Waals surface area (Å²) < 4.78 is 22.6. The molecule has 3 aliphatic heterocycles. The Morgan fingerprint density at radius 2 is 2.00 bits per heavy atom. The molecule has 0 aromatic heterocycles. The second kappa shape index (κ2) is 12.8. The van der Waals surface area contributed by atoms with E-state index in [4.69, 9.17) is 9.73 Å². The summed E-state index contributed by atoms with van der Waals surface area (Å²) in [4.78, 5) is 23.5. The number of hydrogen-bond acceptors (Lipinski definition) is 7. The maximum absolute atomic E-state index is 16.2. The summed E-state index contributed by atoms with van der Waals surface area (Å²) in [5.41, 5.74) is 4.90. The molecule has 0 spiro atoms. The zero-order valence-corrected chi connectivity index (χ0v) is 25.3. The number of ether oxygens (including phenoxy) is 1. The van der Waals surface area contributed by atoms with E-state index in [9.17, 15) is 15.3 Å². The third-order valence-electron chi connectivity index (χ3n) is 9.83. The predicted octanol–water partition coefficient (Wildman–Crippen LogP) is 4.71. The molecule has 1 aromatic rings. The van der Waals surface area contributed by atoms with Gasteiger partial charge in [-0.2, -0.15) is 10.5 Å². The van der Waals surface area contributed by atoms with Crippen molar-refractivity contribution in [1.29, 1.82) is 10.5 Å². The Kier molecular flexibility index (Phi) is 8.68. The van der Waals surface area contributed by atoms with Gasteiger partial charge in [-0.1, -0.05) is 24.8 Å². The number of halogens is 1. The molecule has 2 saturated heterocycles. The fraction of sp³-hybridized carbons (Fsp3) is 0.486. The number of aryl methyl sites for hydroxylation is 1. The van der Waals surface area contributed by atoms with Crippen LogP contribution in [0.25, 0.3) is 5.57 Å². The average Bonchev–Trinajstić information content (AvgIpc) is 3.46. The monoisotopic (exact) mass is 594 g/mol. The number of allylic oxidation sites excluding steroid dienone is 2. The smallest absolute Gasteiger partial charge is 0.246 e. The Morgan fingerprint density at radius 1 is 1.16 bits per heavy atom. The molecular formula is C35H39FN6O2. The van der Waals surface area contributed by atoms with Crippen LogP contribution in [0, 0.1) is 28.6 Å². The summed E-state index contributed by atoms with van der Waals surface area (Å²) in [7, 11) is 2.08. The van der Waals surface area contributed by atoms with Gasteiger partial charge in [0.1, 0.15) is 24.1 Å². The summed E-state index contributed by atoms with van der Waals surface area (Å²) >= 11 is 0. The first-order chi connectivity index (χ1) is 21.4. The number of nitriles is 2. The highest BCUT2D eigenvalue weighted by molar-refractivity contribution is 6.00. The van der Waals surface area contributed by atoms with Crippen LogP contribution in [0.1, 0.15) is 48.8 Å². The van der Waals surface area contributed by atoms with Crippen LogP contribution in [-0.4, -0.2) is 84.5 Å². The molecule has 6 rings (SSSR count). The van der Waals surface area contributed by atoms with Crippen LogP contribution in [0.4, 0.5) is 4.39 Å². The highest BCUT2D eigenvalue weighted by Gasteiger charge is 2.41. The molecule has 228 valence electrons. The van der Waals surface area contributed by atoms with Crippen LogP contribution < -0.4 is 0 Å². The third-order valence-corrected chi connectivity index (χ3v) is 9.83. The summed E-state index contributed by atoms with van der Waals surface area (Å²) in [6, 6.07) is 10.1. The Labute approximate surface area is 259 Å². The number of rotatable bonds is 6. The normalized spacial score (nSPS) is 26.9. The first-order valence-electron chi connectivity index (χ1n) is 15.7. The molecule has 4 atom stereocenters. The van der Waals surface area contributed by atoms with E-state index in [0.717, 1.165) is 50.6 Å². The Balaban J connectivity index is 1.39. The van der Waals surface area contributed by atoms with Crippen molar-refractivity contribution >= 4 is 17.4 Å². The summed E-state index contributed by atoms with van der Waals surface area (Å²) in [6.45, 7) is 6.17. The van der Waals surface area contributed by atoms with Crippen molar-refractivity contribution in [1.82, 2.24) is 14.7 Å². The van der Waals surface area contributed by atoms with Crippen LogP contribution >= 0.6 is 0 Å². The molecule has 9 heteroatoms. The van der Waals surface area contributed by atoms with Crippen LogP contribution in [0.3, 0.4) is 0 Å². The number of fused-ring (bicyclic) bond motifs is 2. The van der Waals surface area contributed by atoms with Crippen molar-refractivity contribution in [3.8, 4) is 12.1 Å². The van der Waals surface area contributed by atoms with E-state index >= 15 is 4.39 Å². The molecule has 2 fully saturated rings. The van der Waals surface area contributed by atoms with Gasteiger partial charge in [-0.05, 0) is 87.0 Å². The van der Waals surface area contributed by atoms with Gasteiger partial charge in [-0.3, -0.25) is 4.79 Å². The number of likely N-dealkylation sites (tertiary alicyclic amines) is 1. The number of piperazine rings is 1. The largest absolute Gasteiger partial charge is 0.475 e. The average molecular weight is 595 g/mol. The van der Waals surface area contributed by atoms with Gasteiger partial charge in [-0.25, -0.2) is 9.38 Å². The minimum Gasteiger partial charge on any atom is -0.475 e. The van der Waals surface area contributed by atoms with E-state index in [1.165, 1.54) is 17.2 Å². The van der Waals surface area contributed by atoms with Gasteiger partial charge in [-0.15, -0.1) is 0 Å². The topological polar surface area (TPSA) is 96.0 Å². The zero-order valence-electron chi connectivity index (χ0n) is 25.3. The molecule has 2 unspecified atom stereocenters. The number of amides is 1. The van der Waals surface area contributed by atoms with Gasteiger partial charge in [0.25, 0.3) is 0 Å². The number of dihydropyridines is 1. The van der Waals surface area contributed by atoms with Gasteiger partial charge >= 0.3 is 0 Å². The lowest BCUT2D eigenvalue weighted by Gasteiger charge is -2.45. The van der Waals surface area contributed by atoms with Gasteiger partial charge in [0, 0.05) is 42.9 Å². The SMILES string of the molecule is C=CC(=O)N1CCN(C2=C(C#N)C(OC[C@@H]3CCCN3C)=NC3C=C(c4cccc5c4CCCC5)C(F)=CC23)C[C@@H]1CC#N. The highest BCUT2D eigenvalue weighted by Crippen LogP contribution is 2.43. The molecule has 0 N–H and O–H groups in total. The Hall–Kier alpha value is -4.21. The standard InChI is InChI=1S/C35H39FN6O2/c1-3-33(43)42-17-16-41(21-24(42)13-14-37)34-29-18-31(36)28(27-12-6-9-23-8-4-5-11-26(23)27)19-32(29)39-35(30(34)20-38)44-22-25-10-7-15-40(25)2/h3,6,9,12,18-19,24-25,29,32H,1,4-5,7-8,10-11,13,15-17,21-22H2,2H3/t24-,25-,29?,32?/m0/s1. The highest BCUT2D eigenvalue weighted by atomic mass is 19.1. The number of benzene rings is 1. The Bertz CT molecular complexity index is 1540. The maximum Gasteiger partial charge on any atom is 0.246 e. The number of carbonyl (C=O) groups is 1. The van der Waals surface area contributed by atoms with Crippen LogP contribution in [0.2, 0.25) is 0 Å². The molecule has 2 aliphatic carbocycles. The molecule has 1 aromatic carbocycles. The summed E-state index contributed by atoms with van der Waals surface area (Å²) in [5.74, 6) is -0.776. The summed E-state index contributed by atoms with van der Waals surface area (Å²) in [6.07, 6.45) is 11.2. The lowest BCUT2D eigenvalue weighted by molar-refractivity contribution is -0.130. The van der Waals surface area contributed by atoms with E-state index in [1.807, 2.05) is 23.1 Å². The van der Waals surface area contributed by atoms with Crippen molar-refractivity contribution in [3.05, 3.63) is 76.8 Å². The molecule has 1 amide bonds. The minimum absolute atomic E-state index is 0.137. The second-order valence-corrected chi connectivity index (χ2v) is 12.4. The van der Waals surface area contributed by atoms with Gasteiger partial charge in [0.05, 0.1) is 24.6 Å². The van der Waals surface area contributed by atoms with Crippen molar-refractivity contribution in [2.75, 3.05) is 39.8 Å². The van der Waals surface area contributed by atoms with Crippen LogP contribution in [0.15, 0.2) is 65.1 Å². The first kappa shape index (κ1) is 29.8. The van der Waals surface area contributed by atoms with Gasteiger partial charge in [0.2, 0.25) is 11.8 Å². The van der Waals surface area contributed by atoms with E-state index in [-0.39, 0.29) is 36.1 Å². The van der Waals surface area contributed by atoms with Crippen LogP contribution in [0.5, 0.6) is 0 Å². The molecule has 8 nitrogen and oxygen atoms in total. The number of nitrogens with zero attached hydrogens (tertiary/aromatic N) is 6. The molecule has 0 bridgehead atoms. The second-order valence-electron chi connectivity index (χ2n) is 12.4. The number of carbonyl (C=O) groups excluding carboxylic acids is 1. The molecule has 3 heterocycles. The fourth-order valence-electron chi connectivity index (χ4n) is 7.50. The number of hydrogen-bond donors (Lipinski definition) is 0. The van der Waals surface area contributed by atoms with Crippen LogP contribution in [-0.2, 0) is 22.4 Å². The van der Waals surface area contributed by atoms with Crippen molar-refractivity contribution in [2.24, 2.45) is 10.9 Å². The minimum atomic E-state index is -0.515. The Morgan fingerprint density at radius 3 is 2.75 bits per heavy atom. The van der Waals surface area contributed by atoms with E-state index in [2.05, 4.69) is 36.7 Å². The van der Waals surface area contributed by atoms with E-state index < -0.39 is 12.0 Å². The summed E-state index contributed by atoms with van der Waals surface area (Å²) in [5, 5.41) is 20.1. The van der Waals surface area contributed by atoms with Crippen molar-refractivity contribution in [2.45, 2.75) is 63.1 Å². The zero-order chi connectivity index (χ0) is 30.8. The van der Waals surface area contributed by atoms with Crippen molar-refractivity contribution < 1.29 is 13.9 Å². The fourth-order valence-corrected chi connectivity index (χ4v) is 7.50. The molecule has 44 heavy (non-hydrogen) atoms. The lowest BCUT2D eigenvalue weighted by atomic mass is 9.79. The number of aliphatic imine (C=N–C) groups is 1. The number of likely N-dealkylation sites (N-methyl/N-ethyl adjacent to an activating group) is 1. The lowest BCUT2D eigenvalue weighted by Crippen LogP contribution is -2.55. The van der Waals surface area contributed by atoms with Gasteiger partial charge in [0.15, 0.2) is 0 Å².